The summed E-state index contributed by atoms with van der Waals surface area (Å²) in [6, 6.07) is 5.27. The van der Waals surface area contributed by atoms with Gasteiger partial charge in [-0.1, -0.05) is 5.21 Å². The van der Waals surface area contributed by atoms with Crippen LogP contribution in [0.2, 0.25) is 0 Å². The van der Waals surface area contributed by atoms with E-state index in [1.807, 2.05) is 6.92 Å². The number of anilines is 1. The zero-order chi connectivity index (χ0) is 16.6. The number of benzene rings is 1. The maximum atomic E-state index is 12.4. The fraction of sp³-hybridized carbons (Fsp3) is 0.200. The molecular weight excluding hydrogens is 298 g/mol. The van der Waals surface area contributed by atoms with Crippen LogP contribution in [0.1, 0.15) is 21.7 Å². The molecule has 118 valence electrons. The van der Waals surface area contributed by atoms with Crippen LogP contribution >= 0.6 is 0 Å². The lowest BCUT2D eigenvalue weighted by molar-refractivity contribution is 0.102. The minimum absolute atomic E-state index is 0.0264. The minimum Gasteiger partial charge on any atom is -0.497 e. The van der Waals surface area contributed by atoms with E-state index in [2.05, 4.69) is 20.6 Å². The van der Waals surface area contributed by atoms with E-state index >= 15 is 0 Å². The first-order chi connectivity index (χ1) is 11.0. The highest BCUT2D eigenvalue weighted by atomic mass is 16.5. The van der Waals surface area contributed by atoms with Gasteiger partial charge in [0.15, 0.2) is 11.2 Å². The number of nitrogens with zero attached hydrogens (tertiary/aromatic N) is 3. The zero-order valence-corrected chi connectivity index (χ0v) is 12.9. The molecule has 0 radical (unpaired) electrons. The second kappa shape index (κ2) is 5.56. The zero-order valence-electron chi connectivity index (χ0n) is 12.9. The standard InChI is InChI=1S/C15H15N5O3/c1-8-6-10(23-3)4-5-11(8)17-14(21)12-13-15(22)16-9(2)7-20(13)19-18-12/h4-7H,1-3H3,(H,16,22)(H,17,21). The highest BCUT2D eigenvalue weighted by Gasteiger charge is 2.18. The summed E-state index contributed by atoms with van der Waals surface area (Å²) in [5, 5.41) is 10.4. The molecule has 3 rings (SSSR count). The van der Waals surface area contributed by atoms with Gasteiger partial charge in [-0.25, -0.2) is 4.52 Å². The molecule has 0 aliphatic carbocycles. The third kappa shape index (κ3) is 2.66. The molecule has 3 aromatic rings. The van der Waals surface area contributed by atoms with Crippen LogP contribution in [0, 0.1) is 13.8 Å². The van der Waals surface area contributed by atoms with Crippen LogP contribution < -0.4 is 15.6 Å². The number of fused-ring (bicyclic) bond motifs is 1. The van der Waals surface area contributed by atoms with Crippen molar-refractivity contribution in [2.45, 2.75) is 13.8 Å². The molecule has 0 atom stereocenters. The summed E-state index contributed by atoms with van der Waals surface area (Å²) in [6.45, 7) is 3.57. The summed E-state index contributed by atoms with van der Waals surface area (Å²) < 4.78 is 6.42. The minimum atomic E-state index is -0.498. The second-order valence-electron chi connectivity index (χ2n) is 5.13. The Kier molecular flexibility index (Phi) is 3.57. The summed E-state index contributed by atoms with van der Waals surface area (Å²) >= 11 is 0. The van der Waals surface area contributed by atoms with Crippen molar-refractivity contribution in [2.75, 3.05) is 12.4 Å². The molecule has 0 spiro atoms. The number of hydrogen-bond donors (Lipinski definition) is 2. The Bertz CT molecular complexity index is 957. The fourth-order valence-corrected chi connectivity index (χ4v) is 2.29. The van der Waals surface area contributed by atoms with Crippen molar-refractivity contribution in [1.82, 2.24) is 19.8 Å². The molecule has 0 saturated carbocycles. The van der Waals surface area contributed by atoms with Gasteiger partial charge in [0.25, 0.3) is 11.5 Å². The fourth-order valence-electron chi connectivity index (χ4n) is 2.29. The molecule has 8 nitrogen and oxygen atoms in total. The largest absolute Gasteiger partial charge is 0.497 e. The molecular formula is C15H15N5O3. The molecule has 0 fully saturated rings. The summed E-state index contributed by atoms with van der Waals surface area (Å²) in [7, 11) is 1.57. The molecule has 0 aliphatic rings. The Morgan fingerprint density at radius 1 is 1.35 bits per heavy atom. The summed E-state index contributed by atoms with van der Waals surface area (Å²) in [5.41, 5.74) is 1.75. The van der Waals surface area contributed by atoms with E-state index in [4.69, 9.17) is 4.74 Å². The quantitative estimate of drug-likeness (QED) is 0.759. The van der Waals surface area contributed by atoms with Gasteiger partial charge in [0, 0.05) is 11.4 Å². The topological polar surface area (TPSA) is 101 Å². The number of amides is 1. The van der Waals surface area contributed by atoms with Gasteiger partial charge in [-0.3, -0.25) is 9.59 Å². The van der Waals surface area contributed by atoms with E-state index in [9.17, 15) is 9.59 Å². The molecule has 2 heterocycles. The number of aromatic nitrogens is 4. The first kappa shape index (κ1) is 14.8. The molecule has 2 N–H and O–H groups in total. The van der Waals surface area contributed by atoms with Crippen molar-refractivity contribution in [2.24, 2.45) is 0 Å². The molecule has 0 aliphatic heterocycles. The van der Waals surface area contributed by atoms with Gasteiger partial charge >= 0.3 is 0 Å². The van der Waals surface area contributed by atoms with Crippen molar-refractivity contribution in [1.29, 1.82) is 0 Å². The molecule has 0 saturated heterocycles. The number of hydrogen-bond acceptors (Lipinski definition) is 5. The third-order valence-corrected chi connectivity index (χ3v) is 3.43. The van der Waals surface area contributed by atoms with Crippen LogP contribution in [-0.2, 0) is 0 Å². The number of nitrogens with one attached hydrogen (secondary N) is 2. The van der Waals surface area contributed by atoms with Crippen LogP contribution in [0.5, 0.6) is 5.75 Å². The number of aromatic amines is 1. The van der Waals surface area contributed by atoms with E-state index < -0.39 is 11.5 Å². The lowest BCUT2D eigenvalue weighted by Gasteiger charge is -2.08. The van der Waals surface area contributed by atoms with Crippen molar-refractivity contribution >= 4 is 17.1 Å². The smallest absolute Gasteiger partial charge is 0.278 e. The van der Waals surface area contributed by atoms with Crippen LogP contribution in [0.3, 0.4) is 0 Å². The first-order valence-corrected chi connectivity index (χ1v) is 6.90. The van der Waals surface area contributed by atoms with Gasteiger partial charge in [0.2, 0.25) is 0 Å². The predicted molar refractivity (Wildman–Crippen MR) is 84.0 cm³/mol. The van der Waals surface area contributed by atoms with E-state index in [-0.39, 0.29) is 11.2 Å². The van der Waals surface area contributed by atoms with Crippen LogP contribution in [0.4, 0.5) is 5.69 Å². The van der Waals surface area contributed by atoms with E-state index in [1.54, 1.807) is 38.4 Å². The van der Waals surface area contributed by atoms with Gasteiger partial charge < -0.3 is 15.0 Å². The van der Waals surface area contributed by atoms with Crippen molar-refractivity contribution in [3.05, 3.63) is 51.7 Å². The highest BCUT2D eigenvalue weighted by molar-refractivity contribution is 6.07. The van der Waals surface area contributed by atoms with E-state index in [1.165, 1.54) is 4.52 Å². The predicted octanol–water partition coefficient (Wildman–Crippen LogP) is 1.30. The van der Waals surface area contributed by atoms with Gasteiger partial charge in [-0.15, -0.1) is 5.10 Å². The second-order valence-corrected chi connectivity index (χ2v) is 5.13. The van der Waals surface area contributed by atoms with Crippen molar-refractivity contribution in [3.8, 4) is 5.75 Å². The monoisotopic (exact) mass is 313 g/mol. The van der Waals surface area contributed by atoms with Gasteiger partial charge in [0.1, 0.15) is 5.75 Å². The number of carbonyl (C=O) groups excluding carboxylic acids is 1. The normalized spacial score (nSPS) is 10.7. The van der Waals surface area contributed by atoms with Gasteiger partial charge in [-0.05, 0) is 37.6 Å². The van der Waals surface area contributed by atoms with Gasteiger partial charge in [0.05, 0.1) is 13.3 Å². The Morgan fingerprint density at radius 2 is 2.13 bits per heavy atom. The van der Waals surface area contributed by atoms with Crippen LogP contribution in [0.25, 0.3) is 5.52 Å². The Labute approximate surface area is 131 Å². The Morgan fingerprint density at radius 3 is 2.83 bits per heavy atom. The van der Waals surface area contributed by atoms with Crippen LogP contribution in [-0.4, -0.2) is 32.8 Å². The SMILES string of the molecule is COc1ccc(NC(=O)c2nnn3cc(C)[nH]c(=O)c23)c(C)c1. The molecule has 2 aromatic heterocycles. The average molecular weight is 313 g/mol. The molecule has 0 bridgehead atoms. The highest BCUT2D eigenvalue weighted by Crippen LogP contribution is 2.21. The maximum absolute atomic E-state index is 12.4. The van der Waals surface area contributed by atoms with E-state index in [0.717, 1.165) is 5.56 Å². The summed E-state index contributed by atoms with van der Waals surface area (Å²) in [5.74, 6) is 0.198. The van der Waals surface area contributed by atoms with Crippen LogP contribution in [0.15, 0.2) is 29.2 Å². The number of H-pyrrole nitrogens is 1. The molecule has 1 amide bonds. The van der Waals surface area contributed by atoms with Crippen molar-refractivity contribution in [3.63, 3.8) is 0 Å². The first-order valence-electron chi connectivity index (χ1n) is 6.90. The molecule has 8 heteroatoms. The van der Waals surface area contributed by atoms with E-state index in [0.29, 0.717) is 17.1 Å². The summed E-state index contributed by atoms with van der Waals surface area (Å²) in [4.78, 5) is 27.1. The average Bonchev–Trinajstić information content (AvgIpc) is 2.93. The summed E-state index contributed by atoms with van der Waals surface area (Å²) in [6.07, 6.45) is 1.60. The molecule has 1 aromatic carbocycles. The lowest BCUT2D eigenvalue weighted by Crippen LogP contribution is -2.18. The number of ether oxygens (including phenoxy) is 1. The number of aryl methyl sites for hydroxylation is 2. The number of carbonyl (C=O) groups is 1. The van der Waals surface area contributed by atoms with Crippen molar-refractivity contribution < 1.29 is 9.53 Å². The number of methoxy groups -OCH3 is 1. The maximum Gasteiger partial charge on any atom is 0.278 e. The lowest BCUT2D eigenvalue weighted by atomic mass is 10.2. The number of rotatable bonds is 3. The Balaban J connectivity index is 1.97. The van der Waals surface area contributed by atoms with Gasteiger partial charge in [-0.2, -0.15) is 0 Å². The third-order valence-electron chi connectivity index (χ3n) is 3.43. The molecule has 23 heavy (non-hydrogen) atoms. The molecule has 0 unspecified atom stereocenters. The Hall–Kier alpha value is -3.16.